The molecule has 0 fully saturated rings. The molecule has 0 saturated carbocycles. The Morgan fingerprint density at radius 2 is 2.08 bits per heavy atom. The first kappa shape index (κ1) is 9.78. The molecule has 2 nitrogen and oxygen atoms in total. The molecule has 0 radical (unpaired) electrons. The van der Waals surface area contributed by atoms with Gasteiger partial charge in [-0.3, -0.25) is 0 Å². The lowest BCUT2D eigenvalue weighted by molar-refractivity contribution is 0.630. The molecule has 2 heteroatoms. The van der Waals surface area contributed by atoms with Gasteiger partial charge in [-0.15, -0.1) is 0 Å². The standard InChI is InChI=1S/C11H16N2/c1-5-9-6-7-10(12-8-9)13-11(2,3)4/h5-8H,1H2,2-4H3,(H,12,13). The van der Waals surface area contributed by atoms with Crippen LogP contribution in [-0.4, -0.2) is 10.5 Å². The normalized spacial score (nSPS) is 11.0. The van der Waals surface area contributed by atoms with Crippen molar-refractivity contribution in [3.05, 3.63) is 30.5 Å². The van der Waals surface area contributed by atoms with E-state index in [4.69, 9.17) is 0 Å². The van der Waals surface area contributed by atoms with Crippen LogP contribution in [0, 0.1) is 0 Å². The van der Waals surface area contributed by atoms with Gasteiger partial charge in [0.2, 0.25) is 0 Å². The molecule has 13 heavy (non-hydrogen) atoms. The highest BCUT2D eigenvalue weighted by Gasteiger charge is 2.08. The van der Waals surface area contributed by atoms with E-state index in [0.717, 1.165) is 11.4 Å². The number of hydrogen-bond donors (Lipinski definition) is 1. The van der Waals surface area contributed by atoms with Crippen molar-refractivity contribution in [1.29, 1.82) is 0 Å². The zero-order valence-corrected chi connectivity index (χ0v) is 8.46. The van der Waals surface area contributed by atoms with E-state index in [1.807, 2.05) is 12.1 Å². The zero-order valence-electron chi connectivity index (χ0n) is 8.46. The van der Waals surface area contributed by atoms with Gasteiger partial charge in [0.05, 0.1) is 0 Å². The van der Waals surface area contributed by atoms with Gasteiger partial charge >= 0.3 is 0 Å². The second-order valence-corrected chi connectivity index (χ2v) is 4.06. The summed E-state index contributed by atoms with van der Waals surface area (Å²) in [5.74, 6) is 0.901. The van der Waals surface area contributed by atoms with Crippen LogP contribution in [0.5, 0.6) is 0 Å². The van der Waals surface area contributed by atoms with E-state index in [-0.39, 0.29) is 5.54 Å². The monoisotopic (exact) mass is 176 g/mol. The van der Waals surface area contributed by atoms with Gasteiger partial charge in [0.25, 0.3) is 0 Å². The van der Waals surface area contributed by atoms with Crippen LogP contribution in [0.1, 0.15) is 26.3 Å². The average Bonchev–Trinajstić information content (AvgIpc) is 2.03. The number of pyridine rings is 1. The molecule has 0 amide bonds. The summed E-state index contributed by atoms with van der Waals surface area (Å²) in [6, 6.07) is 3.95. The van der Waals surface area contributed by atoms with Crippen LogP contribution in [0.3, 0.4) is 0 Å². The highest BCUT2D eigenvalue weighted by Crippen LogP contribution is 2.12. The number of hydrogen-bond acceptors (Lipinski definition) is 2. The van der Waals surface area contributed by atoms with Crippen molar-refractivity contribution in [3.63, 3.8) is 0 Å². The molecular formula is C11H16N2. The van der Waals surface area contributed by atoms with Gasteiger partial charge in [0.15, 0.2) is 0 Å². The summed E-state index contributed by atoms with van der Waals surface area (Å²) in [5.41, 5.74) is 1.10. The summed E-state index contributed by atoms with van der Waals surface area (Å²) in [5, 5.41) is 3.29. The Hall–Kier alpha value is -1.31. The molecule has 0 aromatic carbocycles. The van der Waals surface area contributed by atoms with Crippen molar-refractivity contribution >= 4 is 11.9 Å². The van der Waals surface area contributed by atoms with E-state index >= 15 is 0 Å². The van der Waals surface area contributed by atoms with Gasteiger partial charge in [-0.05, 0) is 38.5 Å². The predicted molar refractivity (Wildman–Crippen MR) is 57.7 cm³/mol. The second kappa shape index (κ2) is 3.60. The van der Waals surface area contributed by atoms with Crippen molar-refractivity contribution < 1.29 is 0 Å². The molecule has 1 N–H and O–H groups in total. The van der Waals surface area contributed by atoms with Gasteiger partial charge < -0.3 is 5.32 Å². The number of nitrogens with one attached hydrogen (secondary N) is 1. The van der Waals surface area contributed by atoms with E-state index in [2.05, 4.69) is 37.7 Å². The Labute approximate surface area is 79.7 Å². The molecule has 0 saturated heterocycles. The van der Waals surface area contributed by atoms with E-state index in [9.17, 15) is 0 Å². The van der Waals surface area contributed by atoms with Gasteiger partial charge in [-0.25, -0.2) is 4.98 Å². The Morgan fingerprint density at radius 3 is 2.46 bits per heavy atom. The lowest BCUT2D eigenvalue weighted by Gasteiger charge is -2.21. The van der Waals surface area contributed by atoms with Crippen LogP contribution in [0.25, 0.3) is 6.08 Å². The maximum atomic E-state index is 4.25. The van der Waals surface area contributed by atoms with Crippen LogP contribution in [-0.2, 0) is 0 Å². The zero-order chi connectivity index (χ0) is 9.90. The fraction of sp³-hybridized carbons (Fsp3) is 0.364. The molecule has 1 rings (SSSR count). The first-order valence-corrected chi connectivity index (χ1v) is 4.38. The number of rotatable bonds is 2. The molecule has 0 aliphatic carbocycles. The number of aromatic nitrogens is 1. The summed E-state index contributed by atoms with van der Waals surface area (Å²) in [6.07, 6.45) is 3.59. The van der Waals surface area contributed by atoms with Crippen molar-refractivity contribution in [3.8, 4) is 0 Å². The van der Waals surface area contributed by atoms with E-state index < -0.39 is 0 Å². The molecule has 1 aromatic rings. The van der Waals surface area contributed by atoms with E-state index in [1.54, 1.807) is 12.3 Å². The first-order chi connectivity index (χ1) is 6.01. The highest BCUT2D eigenvalue weighted by atomic mass is 15.0. The third kappa shape index (κ3) is 3.28. The Balaban J connectivity index is 2.75. The number of nitrogens with zero attached hydrogens (tertiary/aromatic N) is 1. The van der Waals surface area contributed by atoms with Crippen LogP contribution >= 0.6 is 0 Å². The largest absolute Gasteiger partial charge is 0.365 e. The Bertz CT molecular complexity index is 280. The van der Waals surface area contributed by atoms with Crippen molar-refractivity contribution in [2.24, 2.45) is 0 Å². The topological polar surface area (TPSA) is 24.9 Å². The fourth-order valence-electron chi connectivity index (χ4n) is 0.984. The van der Waals surface area contributed by atoms with Gasteiger partial charge in [0.1, 0.15) is 5.82 Å². The van der Waals surface area contributed by atoms with Gasteiger partial charge in [0, 0.05) is 11.7 Å². The summed E-state index contributed by atoms with van der Waals surface area (Å²) < 4.78 is 0. The number of anilines is 1. The van der Waals surface area contributed by atoms with E-state index in [1.165, 1.54) is 0 Å². The van der Waals surface area contributed by atoms with Crippen molar-refractivity contribution in [1.82, 2.24) is 4.98 Å². The molecule has 1 heterocycles. The lowest BCUT2D eigenvalue weighted by atomic mass is 10.1. The fourth-order valence-corrected chi connectivity index (χ4v) is 0.984. The molecule has 1 aromatic heterocycles. The predicted octanol–water partition coefficient (Wildman–Crippen LogP) is 2.94. The first-order valence-electron chi connectivity index (χ1n) is 4.38. The summed E-state index contributed by atoms with van der Waals surface area (Å²) in [6.45, 7) is 10.00. The summed E-state index contributed by atoms with van der Waals surface area (Å²) in [4.78, 5) is 4.25. The van der Waals surface area contributed by atoms with Crippen LogP contribution in [0.4, 0.5) is 5.82 Å². The maximum Gasteiger partial charge on any atom is 0.126 e. The lowest BCUT2D eigenvalue weighted by Crippen LogP contribution is -2.26. The molecule has 0 spiro atoms. The van der Waals surface area contributed by atoms with Crippen molar-refractivity contribution in [2.75, 3.05) is 5.32 Å². The van der Waals surface area contributed by atoms with Crippen LogP contribution in [0.15, 0.2) is 24.9 Å². The average molecular weight is 176 g/mol. The third-order valence-electron chi connectivity index (χ3n) is 1.53. The SMILES string of the molecule is C=Cc1ccc(NC(C)(C)C)nc1. The quantitative estimate of drug-likeness (QED) is 0.749. The molecule has 70 valence electrons. The van der Waals surface area contributed by atoms with Crippen LogP contribution in [0.2, 0.25) is 0 Å². The molecular weight excluding hydrogens is 160 g/mol. The molecule has 0 aliphatic heterocycles. The van der Waals surface area contributed by atoms with Crippen LogP contribution < -0.4 is 5.32 Å². The third-order valence-corrected chi connectivity index (χ3v) is 1.53. The molecule has 0 atom stereocenters. The Kier molecular flexibility index (Phi) is 2.71. The van der Waals surface area contributed by atoms with Crippen molar-refractivity contribution in [2.45, 2.75) is 26.3 Å². The second-order valence-electron chi connectivity index (χ2n) is 4.06. The smallest absolute Gasteiger partial charge is 0.126 e. The minimum absolute atomic E-state index is 0.0582. The molecule has 0 bridgehead atoms. The van der Waals surface area contributed by atoms with Gasteiger partial charge in [-0.1, -0.05) is 12.7 Å². The highest BCUT2D eigenvalue weighted by molar-refractivity contribution is 5.49. The summed E-state index contributed by atoms with van der Waals surface area (Å²) >= 11 is 0. The Morgan fingerprint density at radius 1 is 1.38 bits per heavy atom. The minimum Gasteiger partial charge on any atom is -0.365 e. The minimum atomic E-state index is 0.0582. The summed E-state index contributed by atoms with van der Waals surface area (Å²) in [7, 11) is 0. The van der Waals surface area contributed by atoms with E-state index in [0.29, 0.717) is 0 Å². The van der Waals surface area contributed by atoms with Gasteiger partial charge in [-0.2, -0.15) is 0 Å². The maximum absolute atomic E-state index is 4.25. The molecule has 0 unspecified atom stereocenters. The molecule has 0 aliphatic rings.